The summed E-state index contributed by atoms with van der Waals surface area (Å²) in [6.45, 7) is 2.69. The van der Waals surface area contributed by atoms with Gasteiger partial charge in [0, 0.05) is 5.92 Å². The lowest BCUT2D eigenvalue weighted by molar-refractivity contribution is -0.123. The fraction of sp³-hybridized carbons (Fsp3) is 0.357. The van der Waals surface area contributed by atoms with Crippen LogP contribution in [-0.2, 0) is 11.4 Å². The van der Waals surface area contributed by atoms with Crippen molar-refractivity contribution in [2.45, 2.75) is 39.2 Å². The summed E-state index contributed by atoms with van der Waals surface area (Å²) in [7, 11) is 1.63. The maximum absolute atomic E-state index is 12.7. The zero-order valence-electron chi connectivity index (χ0n) is 19.5. The van der Waals surface area contributed by atoms with Gasteiger partial charge in [-0.2, -0.15) is 5.10 Å². The Balaban J connectivity index is 1.26. The molecule has 0 unspecified atom stereocenters. The van der Waals surface area contributed by atoms with Crippen LogP contribution in [0.2, 0.25) is 0 Å². The second-order valence-corrected chi connectivity index (χ2v) is 10.7. The van der Waals surface area contributed by atoms with Crippen LogP contribution in [0.1, 0.15) is 43.7 Å². The Hall–Kier alpha value is -2.61. The quantitative estimate of drug-likeness (QED) is 0.207. The number of halogens is 1. The van der Waals surface area contributed by atoms with Gasteiger partial charge in [0.05, 0.1) is 16.9 Å². The highest BCUT2D eigenvalue weighted by Crippen LogP contribution is 2.66. The van der Waals surface area contributed by atoms with E-state index in [9.17, 15) is 4.79 Å². The van der Waals surface area contributed by atoms with Gasteiger partial charge in [-0.15, -0.1) is 0 Å². The second kappa shape index (κ2) is 9.56. The highest BCUT2D eigenvalue weighted by molar-refractivity contribution is 14.1. The molecule has 6 heteroatoms. The number of amides is 1. The fourth-order valence-electron chi connectivity index (χ4n) is 5.61. The van der Waals surface area contributed by atoms with Crippen LogP contribution in [0.4, 0.5) is 0 Å². The molecule has 0 aliphatic heterocycles. The standard InChI is InChI=1S/C28H29IN2O3/c1-28-13-6-5-12-22(28)25(28)27(32)31-30-16-18-14-23(29)26(24(15-18)33-2)34-17-20-10-7-9-19-8-3-4-11-21(19)20/h3-4,7-11,14-16,22,25H,5-6,12-13,17H2,1-2H3,(H,31,32)/b30-16-/t22-,25-,28-/m1/s1. The van der Waals surface area contributed by atoms with Crippen molar-refractivity contribution in [3.63, 3.8) is 0 Å². The molecule has 34 heavy (non-hydrogen) atoms. The van der Waals surface area contributed by atoms with Crippen molar-refractivity contribution in [3.05, 3.63) is 69.3 Å². The van der Waals surface area contributed by atoms with Crippen molar-refractivity contribution in [1.82, 2.24) is 5.43 Å². The monoisotopic (exact) mass is 568 g/mol. The third kappa shape index (κ3) is 4.40. The molecule has 2 fully saturated rings. The molecule has 2 aliphatic rings. The van der Waals surface area contributed by atoms with Gasteiger partial charge in [0.2, 0.25) is 5.91 Å². The zero-order valence-corrected chi connectivity index (χ0v) is 21.7. The molecule has 2 aliphatic carbocycles. The van der Waals surface area contributed by atoms with E-state index in [-0.39, 0.29) is 17.2 Å². The topological polar surface area (TPSA) is 59.9 Å². The van der Waals surface area contributed by atoms with Gasteiger partial charge in [0.15, 0.2) is 11.5 Å². The first-order chi connectivity index (χ1) is 16.5. The van der Waals surface area contributed by atoms with E-state index in [1.165, 1.54) is 23.6 Å². The lowest BCUT2D eigenvalue weighted by Gasteiger charge is -2.15. The zero-order chi connectivity index (χ0) is 23.7. The number of hydrazone groups is 1. The van der Waals surface area contributed by atoms with Crippen molar-refractivity contribution in [2.75, 3.05) is 7.11 Å². The van der Waals surface area contributed by atoms with Crippen LogP contribution in [0.3, 0.4) is 0 Å². The molecular formula is C28H29IN2O3. The number of methoxy groups -OCH3 is 1. The van der Waals surface area contributed by atoms with Gasteiger partial charge in [-0.25, -0.2) is 5.43 Å². The number of nitrogens with zero attached hydrogens (tertiary/aromatic N) is 1. The number of rotatable bonds is 7. The number of nitrogens with one attached hydrogen (secondary N) is 1. The van der Waals surface area contributed by atoms with Crippen LogP contribution in [-0.4, -0.2) is 19.2 Å². The lowest BCUT2D eigenvalue weighted by Crippen LogP contribution is -2.22. The van der Waals surface area contributed by atoms with Gasteiger partial charge in [-0.05, 0) is 80.8 Å². The predicted octanol–water partition coefficient (Wildman–Crippen LogP) is 6.31. The summed E-state index contributed by atoms with van der Waals surface area (Å²) in [6.07, 6.45) is 6.45. The maximum Gasteiger partial charge on any atom is 0.244 e. The summed E-state index contributed by atoms with van der Waals surface area (Å²) in [4.78, 5) is 12.7. The molecule has 0 radical (unpaired) electrons. The highest BCUT2D eigenvalue weighted by atomic mass is 127. The summed E-state index contributed by atoms with van der Waals surface area (Å²) >= 11 is 2.25. The van der Waals surface area contributed by atoms with Crippen LogP contribution in [0.15, 0.2) is 59.7 Å². The summed E-state index contributed by atoms with van der Waals surface area (Å²) in [5.74, 6) is 2.01. The summed E-state index contributed by atoms with van der Waals surface area (Å²) in [6, 6.07) is 18.4. The largest absolute Gasteiger partial charge is 0.493 e. The Kier molecular flexibility index (Phi) is 6.51. The van der Waals surface area contributed by atoms with Gasteiger partial charge in [-0.3, -0.25) is 4.79 Å². The van der Waals surface area contributed by atoms with E-state index >= 15 is 0 Å². The van der Waals surface area contributed by atoms with Crippen LogP contribution in [0.5, 0.6) is 11.5 Å². The van der Waals surface area contributed by atoms with E-state index in [0.717, 1.165) is 27.5 Å². The normalized spacial score (nSPS) is 23.5. The van der Waals surface area contributed by atoms with Crippen molar-refractivity contribution in [3.8, 4) is 11.5 Å². The molecule has 2 saturated carbocycles. The number of hydrogen-bond acceptors (Lipinski definition) is 4. The minimum absolute atomic E-state index is 0.0438. The first kappa shape index (κ1) is 23.1. The van der Waals surface area contributed by atoms with Crippen LogP contribution in [0, 0.1) is 20.8 Å². The van der Waals surface area contributed by atoms with Gasteiger partial charge in [0.1, 0.15) is 6.61 Å². The van der Waals surface area contributed by atoms with E-state index in [0.29, 0.717) is 24.0 Å². The second-order valence-electron chi connectivity index (χ2n) is 9.53. The highest BCUT2D eigenvalue weighted by Gasteiger charge is 2.64. The lowest BCUT2D eigenvalue weighted by atomic mass is 9.90. The smallest absolute Gasteiger partial charge is 0.244 e. The van der Waals surface area contributed by atoms with Crippen molar-refractivity contribution < 1.29 is 14.3 Å². The first-order valence-electron chi connectivity index (χ1n) is 11.8. The molecule has 5 nitrogen and oxygen atoms in total. The molecule has 5 rings (SSSR count). The average molecular weight is 568 g/mol. The maximum atomic E-state index is 12.7. The van der Waals surface area contributed by atoms with Crippen LogP contribution >= 0.6 is 22.6 Å². The molecule has 176 valence electrons. The number of carbonyl (C=O) groups excluding carboxylic acids is 1. The van der Waals surface area contributed by atoms with Gasteiger partial charge in [0.25, 0.3) is 0 Å². The minimum Gasteiger partial charge on any atom is -0.493 e. The summed E-state index contributed by atoms with van der Waals surface area (Å²) < 4.78 is 12.7. The van der Waals surface area contributed by atoms with Gasteiger partial charge < -0.3 is 9.47 Å². The SMILES string of the molecule is COc1cc(/C=N\NC(=O)[C@H]2[C@H]3CCCC[C@]32C)cc(I)c1OCc1cccc2ccccc12. The summed E-state index contributed by atoms with van der Waals surface area (Å²) in [5, 5.41) is 6.62. The molecule has 3 aromatic rings. The molecule has 1 N–H and O–H groups in total. The Morgan fingerprint density at radius 2 is 2.03 bits per heavy atom. The third-order valence-corrected chi connectivity index (χ3v) is 8.31. The van der Waals surface area contributed by atoms with Crippen molar-refractivity contribution >= 4 is 45.5 Å². The van der Waals surface area contributed by atoms with E-state index in [1.807, 2.05) is 30.3 Å². The molecule has 3 atom stereocenters. The number of carbonyl (C=O) groups is 1. The Bertz CT molecular complexity index is 1250. The minimum atomic E-state index is 0.0438. The van der Waals surface area contributed by atoms with Crippen LogP contribution in [0.25, 0.3) is 10.8 Å². The molecule has 0 bridgehead atoms. The molecule has 3 aromatic carbocycles. The van der Waals surface area contributed by atoms with Crippen molar-refractivity contribution in [2.24, 2.45) is 22.4 Å². The Morgan fingerprint density at radius 1 is 1.21 bits per heavy atom. The predicted molar refractivity (Wildman–Crippen MR) is 143 cm³/mol. The molecule has 0 spiro atoms. The molecule has 1 amide bonds. The molecule has 0 saturated heterocycles. The number of hydrogen-bond donors (Lipinski definition) is 1. The van der Waals surface area contributed by atoms with E-state index < -0.39 is 0 Å². The van der Waals surface area contributed by atoms with Gasteiger partial charge >= 0.3 is 0 Å². The molecule has 0 heterocycles. The Morgan fingerprint density at radius 3 is 2.82 bits per heavy atom. The van der Waals surface area contributed by atoms with Gasteiger partial charge in [-0.1, -0.05) is 62.2 Å². The van der Waals surface area contributed by atoms with Crippen LogP contribution < -0.4 is 14.9 Å². The number of ether oxygens (including phenoxy) is 2. The van der Waals surface area contributed by atoms with E-state index in [1.54, 1.807) is 13.3 Å². The van der Waals surface area contributed by atoms with Crippen molar-refractivity contribution in [1.29, 1.82) is 0 Å². The number of benzene rings is 3. The van der Waals surface area contributed by atoms with E-state index in [4.69, 9.17) is 9.47 Å². The average Bonchev–Trinajstić information content (AvgIpc) is 3.48. The first-order valence-corrected chi connectivity index (χ1v) is 12.9. The fourth-order valence-corrected chi connectivity index (χ4v) is 6.39. The third-order valence-electron chi connectivity index (χ3n) is 7.51. The summed E-state index contributed by atoms with van der Waals surface area (Å²) in [5.41, 5.74) is 4.92. The number of fused-ring (bicyclic) bond motifs is 2. The molecule has 0 aromatic heterocycles. The van der Waals surface area contributed by atoms with E-state index in [2.05, 4.69) is 64.3 Å². The molecular weight excluding hydrogens is 539 g/mol. The Labute approximate surface area is 214 Å².